The standard InChI is InChI=1S/C21H17N3O3S/c25-16(23-21-22-8-9-28-21)7-4-12-2-1-3-15(10-12)24-19(26)17-13-5-6-14(11-13)18(17)20(24)27/h1-10,13-14,17-18H,11H2,(H,22,23,25)/b7-4+/t13-,14-,17-,18-/m0/s1. The van der Waals surface area contributed by atoms with Crippen LogP contribution < -0.4 is 10.2 Å². The molecule has 2 bridgehead atoms. The highest BCUT2D eigenvalue weighted by atomic mass is 32.1. The van der Waals surface area contributed by atoms with Crippen LogP contribution in [0.15, 0.2) is 54.1 Å². The van der Waals surface area contributed by atoms with E-state index in [-0.39, 0.29) is 41.4 Å². The first kappa shape index (κ1) is 17.1. The van der Waals surface area contributed by atoms with Gasteiger partial charge in [-0.15, -0.1) is 11.3 Å². The van der Waals surface area contributed by atoms with Crippen molar-refractivity contribution >= 4 is 46.0 Å². The predicted octanol–water partition coefficient (Wildman–Crippen LogP) is 3.11. The second-order valence-electron chi connectivity index (χ2n) is 7.27. The van der Waals surface area contributed by atoms with Crippen molar-refractivity contribution in [1.29, 1.82) is 0 Å². The van der Waals surface area contributed by atoms with Gasteiger partial charge < -0.3 is 0 Å². The molecule has 2 aliphatic carbocycles. The number of hydrogen-bond donors (Lipinski definition) is 1. The summed E-state index contributed by atoms with van der Waals surface area (Å²) >= 11 is 1.34. The number of carbonyl (C=O) groups is 3. The minimum atomic E-state index is -0.286. The zero-order valence-electron chi connectivity index (χ0n) is 14.8. The highest BCUT2D eigenvalue weighted by molar-refractivity contribution is 7.13. The molecule has 0 radical (unpaired) electrons. The van der Waals surface area contributed by atoms with Gasteiger partial charge in [-0.05, 0) is 42.0 Å². The van der Waals surface area contributed by atoms with Crippen LogP contribution in [0, 0.1) is 23.7 Å². The fourth-order valence-electron chi connectivity index (χ4n) is 4.53. The van der Waals surface area contributed by atoms with Crippen molar-refractivity contribution in [3.8, 4) is 0 Å². The molecule has 1 saturated heterocycles. The number of rotatable bonds is 4. The number of nitrogens with one attached hydrogen (secondary N) is 1. The second kappa shape index (κ2) is 6.53. The number of fused-ring (bicyclic) bond motifs is 5. The number of nitrogens with zero attached hydrogens (tertiary/aromatic N) is 2. The zero-order chi connectivity index (χ0) is 19.3. The first-order valence-corrected chi connectivity index (χ1v) is 10.0. The number of allylic oxidation sites excluding steroid dienone is 2. The Balaban J connectivity index is 1.35. The summed E-state index contributed by atoms with van der Waals surface area (Å²) in [7, 11) is 0. The summed E-state index contributed by atoms with van der Waals surface area (Å²) in [6.45, 7) is 0. The topological polar surface area (TPSA) is 79.4 Å². The molecule has 3 aliphatic rings. The van der Waals surface area contributed by atoms with Crippen LogP contribution in [0.3, 0.4) is 0 Å². The van der Waals surface area contributed by atoms with Crippen molar-refractivity contribution < 1.29 is 14.4 Å². The van der Waals surface area contributed by atoms with Gasteiger partial charge in [0.2, 0.25) is 17.7 Å². The van der Waals surface area contributed by atoms with Gasteiger partial charge in [-0.1, -0.05) is 24.3 Å². The smallest absolute Gasteiger partial charge is 0.250 e. The van der Waals surface area contributed by atoms with Crippen LogP contribution in [-0.4, -0.2) is 22.7 Å². The number of imide groups is 1. The molecular formula is C21H17N3O3S. The molecule has 0 unspecified atom stereocenters. The first-order chi connectivity index (χ1) is 13.6. The van der Waals surface area contributed by atoms with Gasteiger partial charge in [0.25, 0.3) is 0 Å². The van der Waals surface area contributed by atoms with Crippen LogP contribution in [0.25, 0.3) is 6.08 Å². The lowest BCUT2D eigenvalue weighted by molar-refractivity contribution is -0.123. The normalized spacial score (nSPS) is 27.8. The molecule has 2 heterocycles. The van der Waals surface area contributed by atoms with Crippen molar-refractivity contribution in [2.45, 2.75) is 6.42 Å². The lowest BCUT2D eigenvalue weighted by Crippen LogP contribution is -2.32. The molecule has 1 saturated carbocycles. The molecule has 0 spiro atoms. The maximum absolute atomic E-state index is 12.9. The maximum Gasteiger partial charge on any atom is 0.250 e. The number of thiazole rings is 1. The van der Waals surface area contributed by atoms with Gasteiger partial charge in [-0.25, -0.2) is 9.88 Å². The van der Waals surface area contributed by atoms with Crippen LogP contribution in [0.2, 0.25) is 0 Å². The fourth-order valence-corrected chi connectivity index (χ4v) is 5.06. The highest BCUT2D eigenvalue weighted by Gasteiger charge is 2.59. The van der Waals surface area contributed by atoms with Crippen LogP contribution >= 0.6 is 11.3 Å². The van der Waals surface area contributed by atoms with E-state index >= 15 is 0 Å². The van der Waals surface area contributed by atoms with Gasteiger partial charge in [0, 0.05) is 17.7 Å². The maximum atomic E-state index is 12.9. The molecule has 1 aliphatic heterocycles. The number of hydrogen-bond acceptors (Lipinski definition) is 5. The Kier molecular flexibility index (Phi) is 3.98. The third kappa shape index (κ3) is 2.70. The average molecular weight is 391 g/mol. The van der Waals surface area contributed by atoms with E-state index in [1.54, 1.807) is 35.9 Å². The van der Waals surface area contributed by atoms with E-state index < -0.39 is 0 Å². The van der Waals surface area contributed by atoms with Gasteiger partial charge in [-0.3, -0.25) is 19.7 Å². The van der Waals surface area contributed by atoms with Crippen molar-refractivity contribution in [1.82, 2.24) is 4.98 Å². The van der Waals surface area contributed by atoms with Gasteiger partial charge in [0.05, 0.1) is 17.5 Å². The zero-order valence-corrected chi connectivity index (χ0v) is 15.6. The van der Waals surface area contributed by atoms with E-state index in [1.165, 1.54) is 22.3 Å². The average Bonchev–Trinajstić information content (AvgIpc) is 3.46. The lowest BCUT2D eigenvalue weighted by atomic mass is 9.85. The van der Waals surface area contributed by atoms with Crippen LogP contribution in [0.1, 0.15) is 12.0 Å². The van der Waals surface area contributed by atoms with Crippen molar-refractivity contribution in [3.05, 3.63) is 59.6 Å². The lowest BCUT2D eigenvalue weighted by Gasteiger charge is -2.17. The first-order valence-electron chi connectivity index (χ1n) is 9.16. The number of aromatic nitrogens is 1. The summed E-state index contributed by atoms with van der Waals surface area (Å²) in [5.41, 5.74) is 1.30. The summed E-state index contributed by atoms with van der Waals surface area (Å²) in [6.07, 6.45) is 9.77. The Labute approximate surface area is 165 Å². The van der Waals surface area contributed by atoms with E-state index in [9.17, 15) is 14.4 Å². The van der Waals surface area contributed by atoms with Crippen molar-refractivity contribution in [2.24, 2.45) is 23.7 Å². The molecule has 2 fully saturated rings. The molecule has 4 atom stereocenters. The summed E-state index contributed by atoms with van der Waals surface area (Å²) in [6, 6.07) is 7.14. The van der Waals surface area contributed by atoms with Gasteiger partial charge >= 0.3 is 0 Å². The van der Waals surface area contributed by atoms with E-state index in [0.29, 0.717) is 10.8 Å². The number of benzene rings is 1. The third-order valence-corrected chi connectivity index (χ3v) is 6.38. The van der Waals surface area contributed by atoms with Crippen molar-refractivity contribution in [2.75, 3.05) is 10.2 Å². The molecule has 6 nitrogen and oxygen atoms in total. The monoisotopic (exact) mass is 391 g/mol. The quantitative estimate of drug-likeness (QED) is 0.493. The Morgan fingerprint density at radius 2 is 1.93 bits per heavy atom. The third-order valence-electron chi connectivity index (χ3n) is 5.69. The van der Waals surface area contributed by atoms with Crippen molar-refractivity contribution in [3.63, 3.8) is 0 Å². The summed E-state index contributed by atoms with van der Waals surface area (Å²) in [5.74, 6) is -0.547. The summed E-state index contributed by atoms with van der Waals surface area (Å²) in [4.78, 5) is 43.2. The molecule has 2 aromatic rings. The molecular weight excluding hydrogens is 374 g/mol. The van der Waals surface area contributed by atoms with E-state index in [4.69, 9.17) is 0 Å². The highest BCUT2D eigenvalue weighted by Crippen LogP contribution is 2.53. The predicted molar refractivity (Wildman–Crippen MR) is 106 cm³/mol. The summed E-state index contributed by atoms with van der Waals surface area (Å²) < 4.78 is 0. The number of amides is 3. The van der Waals surface area contributed by atoms with Gasteiger partial charge in [-0.2, -0.15) is 0 Å². The van der Waals surface area contributed by atoms with E-state index in [1.807, 2.05) is 6.07 Å². The Morgan fingerprint density at radius 3 is 2.61 bits per heavy atom. The fraction of sp³-hybridized carbons (Fsp3) is 0.238. The second-order valence-corrected chi connectivity index (χ2v) is 8.16. The van der Waals surface area contributed by atoms with Gasteiger partial charge in [0.15, 0.2) is 5.13 Å². The van der Waals surface area contributed by atoms with Crippen LogP contribution in [-0.2, 0) is 14.4 Å². The Hall–Kier alpha value is -3.06. The molecule has 1 aromatic heterocycles. The molecule has 7 heteroatoms. The van der Waals surface area contributed by atoms with E-state index in [0.717, 1.165) is 12.0 Å². The molecule has 1 aromatic carbocycles. The Bertz CT molecular complexity index is 997. The number of carbonyl (C=O) groups excluding carboxylic acids is 3. The summed E-state index contributed by atoms with van der Waals surface area (Å²) in [5, 5.41) is 4.99. The SMILES string of the molecule is O=C(/C=C/c1cccc(N2C(=O)[C@@H]3[C@@H](C2=O)[C@H]2C=C[C@H]3C2)c1)Nc1nccs1. The van der Waals surface area contributed by atoms with Crippen LogP contribution in [0.4, 0.5) is 10.8 Å². The molecule has 5 rings (SSSR count). The molecule has 28 heavy (non-hydrogen) atoms. The molecule has 140 valence electrons. The molecule has 1 N–H and O–H groups in total. The largest absolute Gasteiger partial charge is 0.298 e. The minimum absolute atomic E-state index is 0.102. The van der Waals surface area contributed by atoms with Crippen LogP contribution in [0.5, 0.6) is 0 Å². The molecule has 3 amide bonds. The number of anilines is 2. The minimum Gasteiger partial charge on any atom is -0.298 e. The van der Waals surface area contributed by atoms with E-state index in [2.05, 4.69) is 22.5 Å². The van der Waals surface area contributed by atoms with Gasteiger partial charge in [0.1, 0.15) is 0 Å². The Morgan fingerprint density at radius 1 is 1.18 bits per heavy atom.